The summed E-state index contributed by atoms with van der Waals surface area (Å²) in [6.07, 6.45) is 2.23. The van der Waals surface area contributed by atoms with Gasteiger partial charge in [-0.15, -0.1) is 0 Å². The molecule has 1 rings (SSSR count). The van der Waals surface area contributed by atoms with E-state index in [-0.39, 0.29) is 12.1 Å². The van der Waals surface area contributed by atoms with E-state index in [1.165, 1.54) is 0 Å². The molecule has 0 aromatic rings. The molecule has 1 aliphatic rings. The van der Waals surface area contributed by atoms with E-state index in [1.807, 2.05) is 18.7 Å². The van der Waals surface area contributed by atoms with Crippen LogP contribution < -0.4 is 11.1 Å². The van der Waals surface area contributed by atoms with E-state index in [0.717, 1.165) is 25.9 Å². The zero-order chi connectivity index (χ0) is 10.6. The number of carbonyl (C=O) groups excluding carboxylic acids is 1. The minimum absolute atomic E-state index is 0.0538. The van der Waals surface area contributed by atoms with Crippen LogP contribution in [0.15, 0.2) is 0 Å². The minimum atomic E-state index is 0.0538. The topological polar surface area (TPSA) is 58.4 Å². The summed E-state index contributed by atoms with van der Waals surface area (Å²) in [5.41, 5.74) is 5.61. The van der Waals surface area contributed by atoms with Gasteiger partial charge in [-0.2, -0.15) is 0 Å². The Kier molecular flexibility index (Phi) is 4.20. The third-order valence-electron chi connectivity index (χ3n) is 2.55. The van der Waals surface area contributed by atoms with E-state index in [2.05, 4.69) is 5.32 Å². The van der Waals surface area contributed by atoms with Crippen molar-refractivity contribution >= 4 is 6.03 Å². The predicted octanol–water partition coefficient (Wildman–Crippen LogP) is 0.775. The Morgan fingerprint density at radius 3 is 2.93 bits per heavy atom. The second kappa shape index (κ2) is 5.20. The predicted molar refractivity (Wildman–Crippen MR) is 57.0 cm³/mol. The van der Waals surface area contributed by atoms with Gasteiger partial charge < -0.3 is 16.0 Å². The zero-order valence-electron chi connectivity index (χ0n) is 9.12. The first-order valence-electron chi connectivity index (χ1n) is 5.39. The van der Waals surface area contributed by atoms with Crippen LogP contribution in [0.5, 0.6) is 0 Å². The van der Waals surface area contributed by atoms with Crippen molar-refractivity contribution in [2.24, 2.45) is 11.7 Å². The maximum Gasteiger partial charge on any atom is 0.317 e. The summed E-state index contributed by atoms with van der Waals surface area (Å²) >= 11 is 0. The summed E-state index contributed by atoms with van der Waals surface area (Å²) in [6, 6.07) is 0.263. The lowest BCUT2D eigenvalue weighted by Gasteiger charge is -2.32. The number of hydrogen-bond donors (Lipinski definition) is 2. The van der Waals surface area contributed by atoms with Crippen LogP contribution in [0.3, 0.4) is 0 Å². The molecule has 0 bridgehead atoms. The quantitative estimate of drug-likeness (QED) is 0.690. The van der Waals surface area contributed by atoms with Gasteiger partial charge in [0.05, 0.1) is 0 Å². The van der Waals surface area contributed by atoms with Gasteiger partial charge in [-0.1, -0.05) is 0 Å². The third-order valence-corrected chi connectivity index (χ3v) is 2.55. The number of urea groups is 1. The van der Waals surface area contributed by atoms with Crippen molar-refractivity contribution < 1.29 is 4.79 Å². The second-order valence-electron chi connectivity index (χ2n) is 4.29. The van der Waals surface area contributed by atoms with E-state index in [1.54, 1.807) is 0 Å². The summed E-state index contributed by atoms with van der Waals surface area (Å²) in [6.45, 7) is 6.32. The lowest BCUT2D eigenvalue weighted by Crippen LogP contribution is -2.48. The molecule has 1 heterocycles. The van der Waals surface area contributed by atoms with Crippen LogP contribution in [-0.2, 0) is 0 Å². The highest BCUT2D eigenvalue weighted by Gasteiger charge is 2.22. The molecule has 1 atom stereocenters. The van der Waals surface area contributed by atoms with Crippen LogP contribution in [-0.4, -0.2) is 36.6 Å². The SMILES string of the molecule is CC(C)NC(=O)N1CCCC(CN)C1. The Bertz CT molecular complexity index is 194. The molecule has 0 saturated carbocycles. The summed E-state index contributed by atoms with van der Waals surface area (Å²) in [5, 5.41) is 2.90. The number of rotatable bonds is 2. The fourth-order valence-electron chi connectivity index (χ4n) is 1.78. The molecule has 4 nitrogen and oxygen atoms in total. The summed E-state index contributed by atoms with van der Waals surface area (Å²) < 4.78 is 0. The van der Waals surface area contributed by atoms with E-state index < -0.39 is 0 Å². The molecule has 14 heavy (non-hydrogen) atoms. The van der Waals surface area contributed by atoms with Gasteiger partial charge in [0.15, 0.2) is 0 Å². The van der Waals surface area contributed by atoms with Gasteiger partial charge in [0.25, 0.3) is 0 Å². The average Bonchev–Trinajstić information content (AvgIpc) is 2.17. The molecule has 2 amide bonds. The van der Waals surface area contributed by atoms with Crippen molar-refractivity contribution in [1.82, 2.24) is 10.2 Å². The van der Waals surface area contributed by atoms with E-state index >= 15 is 0 Å². The third kappa shape index (κ3) is 3.18. The van der Waals surface area contributed by atoms with Crippen molar-refractivity contribution in [2.75, 3.05) is 19.6 Å². The number of likely N-dealkylation sites (tertiary alicyclic amines) is 1. The first-order valence-corrected chi connectivity index (χ1v) is 5.39. The lowest BCUT2D eigenvalue weighted by molar-refractivity contribution is 0.165. The number of nitrogens with zero attached hydrogens (tertiary/aromatic N) is 1. The first kappa shape index (κ1) is 11.3. The highest BCUT2D eigenvalue weighted by atomic mass is 16.2. The molecule has 0 aromatic carbocycles. The van der Waals surface area contributed by atoms with Crippen LogP contribution in [0.25, 0.3) is 0 Å². The molecule has 0 aliphatic carbocycles. The summed E-state index contributed by atoms with van der Waals surface area (Å²) in [5.74, 6) is 0.488. The summed E-state index contributed by atoms with van der Waals surface area (Å²) in [4.78, 5) is 13.5. The Morgan fingerprint density at radius 1 is 1.64 bits per heavy atom. The Labute approximate surface area is 85.8 Å². The molecule has 0 spiro atoms. The smallest absolute Gasteiger partial charge is 0.317 e. The van der Waals surface area contributed by atoms with Crippen LogP contribution in [0, 0.1) is 5.92 Å². The Hall–Kier alpha value is -0.770. The van der Waals surface area contributed by atoms with Crippen LogP contribution in [0.1, 0.15) is 26.7 Å². The molecule has 82 valence electrons. The highest BCUT2D eigenvalue weighted by molar-refractivity contribution is 5.74. The van der Waals surface area contributed by atoms with Crippen molar-refractivity contribution in [3.63, 3.8) is 0 Å². The van der Waals surface area contributed by atoms with E-state index in [0.29, 0.717) is 12.5 Å². The van der Waals surface area contributed by atoms with Gasteiger partial charge in [-0.3, -0.25) is 0 Å². The number of nitrogens with one attached hydrogen (secondary N) is 1. The minimum Gasteiger partial charge on any atom is -0.336 e. The van der Waals surface area contributed by atoms with Gasteiger partial charge in [-0.25, -0.2) is 4.79 Å². The molecule has 1 saturated heterocycles. The molecule has 1 fully saturated rings. The molecule has 1 unspecified atom stereocenters. The van der Waals surface area contributed by atoms with Crippen LogP contribution >= 0.6 is 0 Å². The molecule has 3 N–H and O–H groups in total. The van der Waals surface area contributed by atoms with Crippen LogP contribution in [0.4, 0.5) is 4.79 Å². The Balaban J connectivity index is 2.39. The number of amides is 2. The number of hydrogen-bond acceptors (Lipinski definition) is 2. The number of nitrogens with two attached hydrogens (primary N) is 1. The van der Waals surface area contributed by atoms with E-state index in [4.69, 9.17) is 5.73 Å². The van der Waals surface area contributed by atoms with Crippen molar-refractivity contribution in [2.45, 2.75) is 32.7 Å². The van der Waals surface area contributed by atoms with E-state index in [9.17, 15) is 4.79 Å². The Morgan fingerprint density at radius 2 is 2.36 bits per heavy atom. The monoisotopic (exact) mass is 199 g/mol. The highest BCUT2D eigenvalue weighted by Crippen LogP contribution is 2.14. The molecule has 4 heteroatoms. The zero-order valence-corrected chi connectivity index (χ0v) is 9.12. The van der Waals surface area contributed by atoms with Crippen molar-refractivity contribution in [3.05, 3.63) is 0 Å². The van der Waals surface area contributed by atoms with Crippen LogP contribution in [0.2, 0.25) is 0 Å². The van der Waals surface area contributed by atoms with Gasteiger partial charge in [0, 0.05) is 19.1 Å². The average molecular weight is 199 g/mol. The fourth-order valence-corrected chi connectivity index (χ4v) is 1.78. The van der Waals surface area contributed by atoms with Gasteiger partial charge in [-0.05, 0) is 39.2 Å². The number of carbonyl (C=O) groups is 1. The second-order valence-corrected chi connectivity index (χ2v) is 4.29. The molecule has 0 radical (unpaired) electrons. The first-order chi connectivity index (χ1) is 6.63. The molecule has 1 aliphatic heterocycles. The van der Waals surface area contributed by atoms with Crippen molar-refractivity contribution in [3.8, 4) is 0 Å². The summed E-state index contributed by atoms with van der Waals surface area (Å²) in [7, 11) is 0. The maximum absolute atomic E-state index is 11.6. The van der Waals surface area contributed by atoms with Gasteiger partial charge in [0.2, 0.25) is 0 Å². The number of piperidine rings is 1. The largest absolute Gasteiger partial charge is 0.336 e. The van der Waals surface area contributed by atoms with Gasteiger partial charge in [0.1, 0.15) is 0 Å². The molecular weight excluding hydrogens is 178 g/mol. The maximum atomic E-state index is 11.6. The lowest BCUT2D eigenvalue weighted by atomic mass is 9.99. The standard InChI is InChI=1S/C10H21N3O/c1-8(2)12-10(14)13-5-3-4-9(6-11)7-13/h8-9H,3-7,11H2,1-2H3,(H,12,14). The normalized spacial score (nSPS) is 22.6. The van der Waals surface area contributed by atoms with Crippen molar-refractivity contribution in [1.29, 1.82) is 0 Å². The fraction of sp³-hybridized carbons (Fsp3) is 0.900. The molecular formula is C10H21N3O. The molecule has 0 aromatic heterocycles. The van der Waals surface area contributed by atoms with Gasteiger partial charge >= 0.3 is 6.03 Å².